The molecule has 1 aliphatic carbocycles. The molecule has 0 atom stereocenters. The molecule has 1 aliphatic rings. The molecule has 3 N–H and O–H groups in total. The van der Waals surface area contributed by atoms with Gasteiger partial charge in [0.1, 0.15) is 5.82 Å². The first-order valence-corrected chi connectivity index (χ1v) is 5.46. The van der Waals surface area contributed by atoms with Gasteiger partial charge in [-0.2, -0.15) is 0 Å². The van der Waals surface area contributed by atoms with Crippen LogP contribution >= 0.6 is 0 Å². The van der Waals surface area contributed by atoms with Crippen molar-refractivity contribution in [2.24, 2.45) is 11.7 Å². The van der Waals surface area contributed by atoms with Gasteiger partial charge in [0.2, 0.25) is 5.91 Å². The molecule has 1 saturated carbocycles. The van der Waals surface area contributed by atoms with Gasteiger partial charge in [-0.15, -0.1) is 0 Å². The molecular weight excluding hydrogens is 207 g/mol. The zero-order valence-corrected chi connectivity index (χ0v) is 9.00. The van der Waals surface area contributed by atoms with Crippen LogP contribution < -0.4 is 11.1 Å². The second-order valence-electron chi connectivity index (χ2n) is 4.24. The Balaban J connectivity index is 1.95. The third kappa shape index (κ3) is 2.79. The summed E-state index contributed by atoms with van der Waals surface area (Å²) >= 11 is 0. The van der Waals surface area contributed by atoms with Gasteiger partial charge in [0.15, 0.2) is 0 Å². The van der Waals surface area contributed by atoms with Crippen LogP contribution in [0.2, 0.25) is 0 Å². The molecule has 1 aromatic carbocycles. The Morgan fingerprint density at radius 2 is 2.25 bits per heavy atom. The largest absolute Gasteiger partial charge is 0.366 e. The number of carbonyl (C=O) groups excluding carboxylic acids is 1. The topological polar surface area (TPSA) is 55.1 Å². The van der Waals surface area contributed by atoms with Gasteiger partial charge in [-0.3, -0.25) is 4.79 Å². The molecule has 86 valence electrons. The van der Waals surface area contributed by atoms with Gasteiger partial charge in [0, 0.05) is 17.7 Å². The maximum Gasteiger partial charge on any atom is 0.248 e. The van der Waals surface area contributed by atoms with Crippen molar-refractivity contribution in [3.05, 3.63) is 35.1 Å². The summed E-state index contributed by atoms with van der Waals surface area (Å²) in [5.41, 5.74) is 5.85. The molecule has 0 radical (unpaired) electrons. The summed E-state index contributed by atoms with van der Waals surface area (Å²) in [5.74, 6) is -0.205. The van der Waals surface area contributed by atoms with E-state index in [1.807, 2.05) is 0 Å². The second-order valence-corrected chi connectivity index (χ2v) is 4.24. The molecule has 0 aliphatic heterocycles. The molecule has 0 spiro atoms. The Kier molecular flexibility index (Phi) is 3.19. The average molecular weight is 222 g/mol. The molecule has 1 amide bonds. The lowest BCUT2D eigenvalue weighted by Gasteiger charge is -2.06. The van der Waals surface area contributed by atoms with Crippen molar-refractivity contribution in [2.45, 2.75) is 19.4 Å². The van der Waals surface area contributed by atoms with E-state index >= 15 is 0 Å². The molecular formula is C12H15FN2O. The van der Waals surface area contributed by atoms with Crippen molar-refractivity contribution in [3.8, 4) is 0 Å². The first-order chi connectivity index (χ1) is 7.66. The highest BCUT2D eigenvalue weighted by Gasteiger charge is 2.20. The number of benzene rings is 1. The molecule has 1 fully saturated rings. The lowest BCUT2D eigenvalue weighted by molar-refractivity contribution is 0.1000. The van der Waals surface area contributed by atoms with Gasteiger partial charge in [0.25, 0.3) is 0 Å². The van der Waals surface area contributed by atoms with Crippen LogP contribution in [-0.4, -0.2) is 12.5 Å². The Labute approximate surface area is 93.8 Å². The molecule has 16 heavy (non-hydrogen) atoms. The lowest BCUT2D eigenvalue weighted by atomic mass is 10.1. The molecule has 0 bridgehead atoms. The second kappa shape index (κ2) is 4.61. The number of halogens is 1. The molecule has 0 unspecified atom stereocenters. The fourth-order valence-corrected chi connectivity index (χ4v) is 1.58. The average Bonchev–Trinajstić information content (AvgIpc) is 3.04. The minimum Gasteiger partial charge on any atom is -0.366 e. The first kappa shape index (κ1) is 11.1. The van der Waals surface area contributed by atoms with Gasteiger partial charge in [-0.05, 0) is 37.4 Å². The predicted octanol–water partition coefficient (Wildman–Crippen LogP) is 1.42. The normalized spacial score (nSPS) is 15.1. The van der Waals surface area contributed by atoms with E-state index in [1.54, 1.807) is 12.1 Å². The Hall–Kier alpha value is -1.42. The zero-order chi connectivity index (χ0) is 11.5. The summed E-state index contributed by atoms with van der Waals surface area (Å²) in [6, 6.07) is 4.35. The molecule has 0 aromatic heterocycles. The van der Waals surface area contributed by atoms with Crippen LogP contribution in [-0.2, 0) is 6.54 Å². The molecule has 3 nitrogen and oxygen atoms in total. The molecule has 1 aromatic rings. The van der Waals surface area contributed by atoms with E-state index in [-0.39, 0.29) is 11.4 Å². The number of nitrogens with one attached hydrogen (secondary N) is 1. The maximum absolute atomic E-state index is 13.5. The van der Waals surface area contributed by atoms with E-state index in [1.165, 1.54) is 18.9 Å². The van der Waals surface area contributed by atoms with E-state index in [2.05, 4.69) is 5.32 Å². The molecule has 4 heteroatoms. The summed E-state index contributed by atoms with van der Waals surface area (Å²) in [6.07, 6.45) is 2.55. The Morgan fingerprint density at radius 3 is 2.81 bits per heavy atom. The van der Waals surface area contributed by atoms with Gasteiger partial charge < -0.3 is 11.1 Å². The van der Waals surface area contributed by atoms with E-state index < -0.39 is 5.91 Å². The quantitative estimate of drug-likeness (QED) is 0.791. The van der Waals surface area contributed by atoms with Crippen molar-refractivity contribution < 1.29 is 9.18 Å². The van der Waals surface area contributed by atoms with Crippen molar-refractivity contribution in [1.29, 1.82) is 0 Å². The van der Waals surface area contributed by atoms with Gasteiger partial charge in [-0.1, -0.05) is 6.07 Å². The maximum atomic E-state index is 13.5. The van der Waals surface area contributed by atoms with Gasteiger partial charge >= 0.3 is 0 Å². The summed E-state index contributed by atoms with van der Waals surface area (Å²) in [7, 11) is 0. The number of nitrogens with two attached hydrogens (primary N) is 1. The van der Waals surface area contributed by atoms with Crippen molar-refractivity contribution in [2.75, 3.05) is 6.54 Å². The highest BCUT2D eigenvalue weighted by atomic mass is 19.1. The molecule has 2 rings (SSSR count). The van der Waals surface area contributed by atoms with Crippen molar-refractivity contribution >= 4 is 5.91 Å². The number of carbonyl (C=O) groups is 1. The van der Waals surface area contributed by atoms with Crippen LogP contribution in [0.3, 0.4) is 0 Å². The summed E-state index contributed by atoms with van der Waals surface area (Å²) in [4.78, 5) is 10.8. The fourth-order valence-electron chi connectivity index (χ4n) is 1.58. The fraction of sp³-hybridized carbons (Fsp3) is 0.417. The lowest BCUT2D eigenvalue weighted by Crippen LogP contribution is -2.17. The van der Waals surface area contributed by atoms with Crippen LogP contribution in [0.25, 0.3) is 0 Å². The van der Waals surface area contributed by atoms with Gasteiger partial charge in [-0.25, -0.2) is 4.39 Å². The SMILES string of the molecule is NC(=O)c1ccc(CNCC2CC2)c(F)c1. The Bertz CT molecular complexity index is 402. The van der Waals surface area contributed by atoms with Crippen LogP contribution in [0.15, 0.2) is 18.2 Å². The number of amides is 1. The third-order valence-electron chi connectivity index (χ3n) is 2.78. The van der Waals surface area contributed by atoms with E-state index in [4.69, 9.17) is 5.73 Å². The molecule has 0 saturated heterocycles. The minimum atomic E-state index is -0.601. The summed E-state index contributed by atoms with van der Waals surface area (Å²) in [6.45, 7) is 1.44. The number of primary amides is 1. The standard InChI is InChI=1S/C12H15FN2O/c13-11-5-9(12(14)16)3-4-10(11)7-15-6-8-1-2-8/h3-5,8,15H,1-2,6-7H2,(H2,14,16). The van der Waals surface area contributed by atoms with Crippen LogP contribution in [0.1, 0.15) is 28.8 Å². The van der Waals surface area contributed by atoms with Crippen molar-refractivity contribution in [1.82, 2.24) is 5.32 Å². The zero-order valence-electron chi connectivity index (χ0n) is 9.00. The predicted molar refractivity (Wildman–Crippen MR) is 59.3 cm³/mol. The van der Waals surface area contributed by atoms with E-state index in [0.29, 0.717) is 12.1 Å². The van der Waals surface area contributed by atoms with Crippen molar-refractivity contribution in [3.63, 3.8) is 0 Å². The highest BCUT2D eigenvalue weighted by molar-refractivity contribution is 5.92. The smallest absolute Gasteiger partial charge is 0.248 e. The number of hydrogen-bond acceptors (Lipinski definition) is 2. The number of rotatable bonds is 5. The summed E-state index contributed by atoms with van der Waals surface area (Å²) in [5, 5.41) is 3.20. The Morgan fingerprint density at radius 1 is 1.50 bits per heavy atom. The van der Waals surface area contributed by atoms with Gasteiger partial charge in [0.05, 0.1) is 0 Å². The highest BCUT2D eigenvalue weighted by Crippen LogP contribution is 2.27. The summed E-state index contributed by atoms with van der Waals surface area (Å²) < 4.78 is 13.5. The van der Waals surface area contributed by atoms with E-state index in [0.717, 1.165) is 12.5 Å². The van der Waals surface area contributed by atoms with E-state index in [9.17, 15) is 9.18 Å². The number of hydrogen-bond donors (Lipinski definition) is 2. The van der Waals surface area contributed by atoms with Crippen LogP contribution in [0.5, 0.6) is 0 Å². The molecule has 0 heterocycles. The minimum absolute atomic E-state index is 0.212. The van der Waals surface area contributed by atoms with Crippen LogP contribution in [0.4, 0.5) is 4.39 Å². The third-order valence-corrected chi connectivity index (χ3v) is 2.78. The monoisotopic (exact) mass is 222 g/mol. The van der Waals surface area contributed by atoms with Crippen LogP contribution in [0, 0.1) is 11.7 Å². The first-order valence-electron chi connectivity index (χ1n) is 5.46.